The SMILES string of the molecule is CCOC(=O)c1c(C)[nH]c(C)c1S(=O)(=O)NCC(=O)N1CCN(c2cccc(C)c2)[C@H](C)C1. The molecule has 1 aliphatic heterocycles. The summed E-state index contributed by atoms with van der Waals surface area (Å²) in [4.78, 5) is 31.8. The quantitative estimate of drug-likeness (QED) is 0.592. The summed E-state index contributed by atoms with van der Waals surface area (Å²) in [6.07, 6.45) is 0. The number of carbonyl (C=O) groups is 2. The topological polar surface area (TPSA) is 112 Å². The molecule has 1 aromatic carbocycles. The summed E-state index contributed by atoms with van der Waals surface area (Å²) in [5.74, 6) is -1.02. The average molecular weight is 477 g/mol. The Balaban J connectivity index is 1.67. The molecule has 1 aromatic heterocycles. The zero-order chi connectivity index (χ0) is 24.3. The van der Waals surface area contributed by atoms with Crippen molar-refractivity contribution in [2.45, 2.75) is 45.6 Å². The summed E-state index contributed by atoms with van der Waals surface area (Å²) in [5.41, 5.74) is 2.97. The molecule has 1 amide bonds. The van der Waals surface area contributed by atoms with E-state index in [0.29, 0.717) is 31.0 Å². The number of carbonyl (C=O) groups excluding carboxylic acids is 2. The van der Waals surface area contributed by atoms with Crippen molar-refractivity contribution in [3.8, 4) is 0 Å². The Kier molecular flexibility index (Phi) is 7.48. The van der Waals surface area contributed by atoms with Gasteiger partial charge in [-0.1, -0.05) is 12.1 Å². The van der Waals surface area contributed by atoms with Gasteiger partial charge in [-0.2, -0.15) is 0 Å². The molecule has 10 heteroatoms. The molecule has 1 fully saturated rings. The maximum atomic E-state index is 13.0. The van der Waals surface area contributed by atoms with Gasteiger partial charge in [0.1, 0.15) is 10.5 Å². The number of piperazine rings is 1. The second-order valence-corrected chi connectivity index (χ2v) is 10.0. The van der Waals surface area contributed by atoms with E-state index in [4.69, 9.17) is 4.74 Å². The molecule has 2 aromatic rings. The number of anilines is 1. The molecule has 33 heavy (non-hydrogen) atoms. The summed E-state index contributed by atoms with van der Waals surface area (Å²) in [6, 6.07) is 8.31. The number of amides is 1. The van der Waals surface area contributed by atoms with Gasteiger partial charge in [-0.05, 0) is 52.3 Å². The van der Waals surface area contributed by atoms with Crippen LogP contribution in [0, 0.1) is 20.8 Å². The first kappa shape index (κ1) is 24.8. The van der Waals surface area contributed by atoms with Crippen molar-refractivity contribution in [1.29, 1.82) is 0 Å². The molecule has 0 saturated carbocycles. The van der Waals surface area contributed by atoms with E-state index >= 15 is 0 Å². The Morgan fingerprint density at radius 2 is 1.91 bits per heavy atom. The lowest BCUT2D eigenvalue weighted by Gasteiger charge is -2.41. The van der Waals surface area contributed by atoms with Crippen LogP contribution >= 0.6 is 0 Å². The molecule has 180 valence electrons. The fourth-order valence-corrected chi connectivity index (χ4v) is 5.68. The lowest BCUT2D eigenvalue weighted by atomic mass is 10.1. The third kappa shape index (κ3) is 5.39. The zero-order valence-corrected chi connectivity index (χ0v) is 20.6. The van der Waals surface area contributed by atoms with E-state index in [1.165, 1.54) is 5.56 Å². The van der Waals surface area contributed by atoms with Crippen LogP contribution in [0.4, 0.5) is 5.69 Å². The number of aromatic amines is 1. The summed E-state index contributed by atoms with van der Waals surface area (Å²) in [5, 5.41) is 0. The van der Waals surface area contributed by atoms with E-state index < -0.39 is 16.0 Å². The lowest BCUT2D eigenvalue weighted by molar-refractivity contribution is -0.130. The second kappa shape index (κ2) is 9.96. The molecular weight excluding hydrogens is 444 g/mol. The Morgan fingerprint density at radius 3 is 2.55 bits per heavy atom. The number of hydrogen-bond donors (Lipinski definition) is 2. The minimum atomic E-state index is -4.11. The molecule has 0 bridgehead atoms. The van der Waals surface area contributed by atoms with Gasteiger partial charge in [0.25, 0.3) is 0 Å². The van der Waals surface area contributed by atoms with Crippen LogP contribution < -0.4 is 9.62 Å². The van der Waals surface area contributed by atoms with Crippen LogP contribution in [-0.2, 0) is 19.6 Å². The summed E-state index contributed by atoms with van der Waals surface area (Å²) in [6.45, 7) is 10.3. The Morgan fingerprint density at radius 1 is 1.18 bits per heavy atom. The number of nitrogens with zero attached hydrogens (tertiary/aromatic N) is 2. The van der Waals surface area contributed by atoms with Crippen molar-refractivity contribution in [2.75, 3.05) is 37.7 Å². The molecule has 1 atom stereocenters. The number of ether oxygens (including phenoxy) is 1. The van der Waals surface area contributed by atoms with Gasteiger partial charge in [0, 0.05) is 42.8 Å². The van der Waals surface area contributed by atoms with E-state index in [-0.39, 0.29) is 35.6 Å². The number of aromatic nitrogens is 1. The predicted molar refractivity (Wildman–Crippen MR) is 126 cm³/mol. The largest absolute Gasteiger partial charge is 0.462 e. The average Bonchev–Trinajstić information content (AvgIpc) is 3.06. The van der Waals surface area contributed by atoms with E-state index in [1.54, 1.807) is 25.7 Å². The van der Waals surface area contributed by atoms with E-state index in [9.17, 15) is 18.0 Å². The van der Waals surface area contributed by atoms with Crippen LogP contribution in [-0.4, -0.2) is 69.0 Å². The van der Waals surface area contributed by atoms with Gasteiger partial charge < -0.3 is 19.5 Å². The number of benzene rings is 1. The molecule has 2 heterocycles. The van der Waals surface area contributed by atoms with Crippen molar-refractivity contribution in [3.05, 3.63) is 46.8 Å². The van der Waals surface area contributed by atoms with Crippen molar-refractivity contribution in [3.63, 3.8) is 0 Å². The molecule has 0 unspecified atom stereocenters. The molecule has 9 nitrogen and oxygen atoms in total. The van der Waals surface area contributed by atoms with Crippen molar-refractivity contribution in [1.82, 2.24) is 14.6 Å². The monoisotopic (exact) mass is 476 g/mol. The first-order valence-electron chi connectivity index (χ1n) is 11.0. The van der Waals surface area contributed by atoms with Gasteiger partial charge in [0.15, 0.2) is 0 Å². The molecule has 2 N–H and O–H groups in total. The number of hydrogen-bond acceptors (Lipinski definition) is 6. The van der Waals surface area contributed by atoms with Gasteiger partial charge >= 0.3 is 5.97 Å². The van der Waals surface area contributed by atoms with Crippen LogP contribution in [0.3, 0.4) is 0 Å². The first-order chi connectivity index (χ1) is 15.5. The molecule has 3 rings (SSSR count). The Hall–Kier alpha value is -2.85. The summed E-state index contributed by atoms with van der Waals surface area (Å²) in [7, 11) is -4.11. The number of sulfonamides is 1. The lowest BCUT2D eigenvalue weighted by Crippen LogP contribution is -2.55. The molecule has 1 aliphatic rings. The van der Waals surface area contributed by atoms with E-state index in [1.807, 2.05) is 26.0 Å². The van der Waals surface area contributed by atoms with Gasteiger partial charge in [-0.25, -0.2) is 17.9 Å². The van der Waals surface area contributed by atoms with Crippen molar-refractivity contribution in [2.24, 2.45) is 0 Å². The molecule has 0 aliphatic carbocycles. The maximum Gasteiger partial charge on any atom is 0.341 e. The van der Waals surface area contributed by atoms with Crippen molar-refractivity contribution >= 4 is 27.6 Å². The number of H-pyrrole nitrogens is 1. The molecular formula is C23H32N4O5S. The van der Waals surface area contributed by atoms with E-state index in [0.717, 1.165) is 5.69 Å². The zero-order valence-electron chi connectivity index (χ0n) is 19.8. The number of esters is 1. The third-order valence-electron chi connectivity index (χ3n) is 5.79. The van der Waals surface area contributed by atoms with Gasteiger partial charge in [-0.3, -0.25) is 4.79 Å². The third-order valence-corrected chi connectivity index (χ3v) is 7.36. The van der Waals surface area contributed by atoms with Crippen LogP contribution in [0.15, 0.2) is 29.2 Å². The van der Waals surface area contributed by atoms with Crippen LogP contribution in [0.1, 0.15) is 41.2 Å². The highest BCUT2D eigenvalue weighted by Gasteiger charge is 2.32. The highest BCUT2D eigenvalue weighted by atomic mass is 32.2. The number of nitrogens with one attached hydrogen (secondary N) is 2. The molecule has 0 radical (unpaired) electrons. The van der Waals surface area contributed by atoms with Crippen LogP contribution in [0.25, 0.3) is 0 Å². The van der Waals surface area contributed by atoms with Crippen LogP contribution in [0.5, 0.6) is 0 Å². The van der Waals surface area contributed by atoms with Crippen LogP contribution in [0.2, 0.25) is 0 Å². The molecule has 0 spiro atoms. The standard InChI is InChI=1S/C23H32N4O5S/c1-6-32-23(29)21-17(4)25-18(5)22(21)33(30,31)24-13-20(28)26-10-11-27(16(3)14-26)19-9-7-8-15(2)12-19/h7-9,12,16,24-25H,6,10-11,13-14H2,1-5H3/t16-/m1/s1. The summed E-state index contributed by atoms with van der Waals surface area (Å²) < 4.78 is 33.4. The van der Waals surface area contributed by atoms with Crippen molar-refractivity contribution < 1.29 is 22.7 Å². The minimum absolute atomic E-state index is 0.0327. The minimum Gasteiger partial charge on any atom is -0.462 e. The highest BCUT2D eigenvalue weighted by Crippen LogP contribution is 2.25. The fourth-order valence-electron chi connectivity index (χ4n) is 4.26. The van der Waals surface area contributed by atoms with E-state index in [2.05, 4.69) is 26.7 Å². The highest BCUT2D eigenvalue weighted by molar-refractivity contribution is 7.89. The smallest absolute Gasteiger partial charge is 0.341 e. The Bertz CT molecular complexity index is 1140. The summed E-state index contributed by atoms with van der Waals surface area (Å²) >= 11 is 0. The van der Waals surface area contributed by atoms with Gasteiger partial charge in [0.2, 0.25) is 15.9 Å². The number of aryl methyl sites for hydroxylation is 3. The fraction of sp³-hybridized carbons (Fsp3) is 0.478. The number of rotatable bonds is 7. The molecule has 1 saturated heterocycles. The predicted octanol–water partition coefficient (Wildman–Crippen LogP) is 2.13. The second-order valence-electron chi connectivity index (χ2n) is 8.35. The van der Waals surface area contributed by atoms with Gasteiger partial charge in [-0.15, -0.1) is 0 Å². The Labute approximate surface area is 195 Å². The van der Waals surface area contributed by atoms with Gasteiger partial charge in [0.05, 0.1) is 13.2 Å². The maximum absolute atomic E-state index is 13.0. The first-order valence-corrected chi connectivity index (χ1v) is 12.5. The normalized spacial score (nSPS) is 16.7.